The van der Waals surface area contributed by atoms with Crippen LogP contribution < -0.4 is 10.0 Å². The molecular weight excluding hydrogens is 314 g/mol. The van der Waals surface area contributed by atoms with E-state index in [1.54, 1.807) is 30.5 Å². The van der Waals surface area contributed by atoms with E-state index in [-0.39, 0.29) is 10.8 Å². The van der Waals surface area contributed by atoms with Gasteiger partial charge in [-0.3, -0.25) is 9.78 Å². The van der Waals surface area contributed by atoms with Crippen LogP contribution in [-0.4, -0.2) is 31.9 Å². The molecular formula is C16H19N3O3S. The van der Waals surface area contributed by atoms with Crippen molar-refractivity contribution in [2.45, 2.75) is 37.1 Å². The Morgan fingerprint density at radius 1 is 1.26 bits per heavy atom. The molecule has 1 atom stereocenters. The van der Waals surface area contributed by atoms with Crippen molar-refractivity contribution in [3.8, 4) is 0 Å². The summed E-state index contributed by atoms with van der Waals surface area (Å²) in [7, 11) is -3.80. The predicted molar refractivity (Wildman–Crippen MR) is 87.5 cm³/mol. The number of carbonyl (C=O) groups is 1. The molecule has 0 spiro atoms. The smallest absolute Gasteiger partial charge is 0.241 e. The zero-order valence-electron chi connectivity index (χ0n) is 12.9. The third-order valence-electron chi connectivity index (χ3n) is 4.05. The Hall–Kier alpha value is -1.99. The first-order valence-electron chi connectivity index (χ1n) is 7.63. The fourth-order valence-corrected chi connectivity index (χ4v) is 4.25. The fourth-order valence-electron chi connectivity index (χ4n) is 2.82. The summed E-state index contributed by atoms with van der Waals surface area (Å²) in [6.07, 6.45) is 3.81. The van der Waals surface area contributed by atoms with Crippen LogP contribution in [0.3, 0.4) is 0 Å². The van der Waals surface area contributed by atoms with Gasteiger partial charge in [0.2, 0.25) is 15.9 Å². The molecule has 0 bridgehead atoms. The Balaban J connectivity index is 2.00. The quantitative estimate of drug-likeness (QED) is 0.891. The molecule has 0 aliphatic carbocycles. The molecule has 122 valence electrons. The Labute approximate surface area is 135 Å². The number of rotatable bonds is 3. The largest absolute Gasteiger partial charge is 0.355 e. The van der Waals surface area contributed by atoms with Crippen LogP contribution in [-0.2, 0) is 14.8 Å². The molecule has 6 nitrogen and oxygen atoms in total. The van der Waals surface area contributed by atoms with Gasteiger partial charge in [-0.25, -0.2) is 8.42 Å². The fraction of sp³-hybridized carbons (Fsp3) is 0.375. The minimum atomic E-state index is -3.80. The topological polar surface area (TPSA) is 88.2 Å². The van der Waals surface area contributed by atoms with Crippen molar-refractivity contribution >= 4 is 26.8 Å². The Kier molecular flexibility index (Phi) is 4.32. The number of benzene rings is 1. The second kappa shape index (κ2) is 6.25. The number of pyridine rings is 1. The number of hydrogen-bond acceptors (Lipinski definition) is 4. The number of nitrogens with zero attached hydrogens (tertiary/aromatic N) is 1. The van der Waals surface area contributed by atoms with Crippen molar-refractivity contribution in [1.29, 1.82) is 0 Å². The highest BCUT2D eigenvalue weighted by Gasteiger charge is 2.28. The first kappa shape index (κ1) is 15.9. The molecule has 1 aromatic carbocycles. The number of sulfonamides is 1. The van der Waals surface area contributed by atoms with E-state index in [0.29, 0.717) is 23.9 Å². The van der Waals surface area contributed by atoms with Crippen LogP contribution >= 0.6 is 0 Å². The number of aryl methyl sites for hydroxylation is 1. The van der Waals surface area contributed by atoms with Gasteiger partial charge in [0.05, 0.1) is 10.4 Å². The van der Waals surface area contributed by atoms with Crippen LogP contribution in [0.1, 0.15) is 24.8 Å². The third kappa shape index (κ3) is 3.20. The number of amides is 1. The summed E-state index contributed by atoms with van der Waals surface area (Å²) < 4.78 is 28.1. The number of fused-ring (bicyclic) bond motifs is 1. The summed E-state index contributed by atoms with van der Waals surface area (Å²) in [4.78, 5) is 16.4. The van der Waals surface area contributed by atoms with E-state index in [1.807, 2.05) is 6.92 Å². The molecule has 1 unspecified atom stereocenters. The molecule has 7 heteroatoms. The predicted octanol–water partition coefficient (Wildman–Crippen LogP) is 1.49. The summed E-state index contributed by atoms with van der Waals surface area (Å²) in [5.74, 6) is -0.263. The van der Waals surface area contributed by atoms with E-state index in [1.165, 1.54) is 0 Å². The zero-order valence-corrected chi connectivity index (χ0v) is 13.7. The van der Waals surface area contributed by atoms with Gasteiger partial charge in [0.25, 0.3) is 0 Å². The highest BCUT2D eigenvalue weighted by Crippen LogP contribution is 2.24. The maximum atomic E-state index is 12.8. The van der Waals surface area contributed by atoms with Crippen molar-refractivity contribution in [1.82, 2.24) is 15.0 Å². The van der Waals surface area contributed by atoms with E-state index in [9.17, 15) is 13.2 Å². The molecule has 1 aliphatic rings. The second-order valence-corrected chi connectivity index (χ2v) is 7.42. The van der Waals surface area contributed by atoms with Gasteiger partial charge in [0, 0.05) is 18.1 Å². The van der Waals surface area contributed by atoms with Crippen LogP contribution in [0.4, 0.5) is 0 Å². The van der Waals surface area contributed by atoms with Gasteiger partial charge in [0.15, 0.2) is 0 Å². The third-order valence-corrected chi connectivity index (χ3v) is 5.58. The van der Waals surface area contributed by atoms with E-state index in [4.69, 9.17) is 0 Å². The Bertz CT molecular complexity index is 849. The van der Waals surface area contributed by atoms with Gasteiger partial charge < -0.3 is 5.32 Å². The SMILES string of the molecule is Cc1ccc(S(=O)(=O)NC2CCCCNC2=O)c2cccnc12. The molecule has 2 aromatic rings. The van der Waals surface area contributed by atoms with Crippen molar-refractivity contribution < 1.29 is 13.2 Å². The van der Waals surface area contributed by atoms with Crippen LogP contribution in [0, 0.1) is 6.92 Å². The molecule has 1 amide bonds. The average molecular weight is 333 g/mol. The van der Waals surface area contributed by atoms with Crippen molar-refractivity contribution in [2.75, 3.05) is 6.54 Å². The highest BCUT2D eigenvalue weighted by atomic mass is 32.2. The molecule has 3 rings (SSSR count). The van der Waals surface area contributed by atoms with Crippen molar-refractivity contribution in [3.05, 3.63) is 36.0 Å². The van der Waals surface area contributed by atoms with Gasteiger partial charge in [-0.1, -0.05) is 6.07 Å². The molecule has 2 heterocycles. The van der Waals surface area contributed by atoms with E-state index in [0.717, 1.165) is 18.4 Å². The molecule has 1 saturated heterocycles. The summed E-state index contributed by atoms with van der Waals surface area (Å²) in [5, 5.41) is 3.30. The molecule has 2 N–H and O–H groups in total. The van der Waals surface area contributed by atoms with Crippen molar-refractivity contribution in [2.24, 2.45) is 0 Å². The zero-order chi connectivity index (χ0) is 16.4. The van der Waals surface area contributed by atoms with Gasteiger partial charge in [0.1, 0.15) is 6.04 Å². The number of nitrogens with one attached hydrogen (secondary N) is 2. The molecule has 1 aliphatic heterocycles. The lowest BCUT2D eigenvalue weighted by molar-refractivity contribution is -0.122. The van der Waals surface area contributed by atoms with Crippen LogP contribution in [0.15, 0.2) is 35.4 Å². The summed E-state index contributed by atoms with van der Waals surface area (Å²) in [6.45, 7) is 2.48. The minimum absolute atomic E-state index is 0.156. The average Bonchev–Trinajstić information content (AvgIpc) is 2.72. The monoisotopic (exact) mass is 333 g/mol. The lowest BCUT2D eigenvalue weighted by Gasteiger charge is -2.16. The van der Waals surface area contributed by atoms with Crippen LogP contribution in [0.25, 0.3) is 10.9 Å². The lowest BCUT2D eigenvalue weighted by Crippen LogP contribution is -2.45. The molecule has 0 saturated carbocycles. The normalized spacial score (nSPS) is 19.3. The van der Waals surface area contributed by atoms with Gasteiger partial charge in [-0.2, -0.15) is 4.72 Å². The Morgan fingerprint density at radius 2 is 2.09 bits per heavy atom. The van der Waals surface area contributed by atoms with E-state index in [2.05, 4.69) is 15.0 Å². The highest BCUT2D eigenvalue weighted by molar-refractivity contribution is 7.89. The van der Waals surface area contributed by atoms with Gasteiger partial charge in [-0.15, -0.1) is 0 Å². The summed E-state index contributed by atoms with van der Waals surface area (Å²) in [5.41, 5.74) is 1.56. The standard InChI is InChI=1S/C16H19N3O3S/c1-11-7-8-14(12-5-4-10-17-15(11)12)23(21,22)19-13-6-2-3-9-18-16(13)20/h4-5,7-8,10,13,19H,2-3,6,9H2,1H3,(H,18,20). The summed E-state index contributed by atoms with van der Waals surface area (Å²) >= 11 is 0. The maximum absolute atomic E-state index is 12.8. The van der Waals surface area contributed by atoms with E-state index >= 15 is 0 Å². The lowest BCUT2D eigenvalue weighted by atomic mass is 10.1. The van der Waals surface area contributed by atoms with Crippen LogP contribution in [0.5, 0.6) is 0 Å². The molecule has 1 aromatic heterocycles. The molecule has 1 fully saturated rings. The molecule has 23 heavy (non-hydrogen) atoms. The Morgan fingerprint density at radius 3 is 2.91 bits per heavy atom. The maximum Gasteiger partial charge on any atom is 0.241 e. The van der Waals surface area contributed by atoms with E-state index < -0.39 is 16.1 Å². The number of aromatic nitrogens is 1. The van der Waals surface area contributed by atoms with Crippen LogP contribution in [0.2, 0.25) is 0 Å². The van der Waals surface area contributed by atoms with Crippen molar-refractivity contribution in [3.63, 3.8) is 0 Å². The first-order chi connectivity index (χ1) is 11.0. The van der Waals surface area contributed by atoms with Gasteiger partial charge >= 0.3 is 0 Å². The summed E-state index contributed by atoms with van der Waals surface area (Å²) in [6, 6.07) is 6.01. The number of hydrogen-bond donors (Lipinski definition) is 2. The minimum Gasteiger partial charge on any atom is -0.355 e. The molecule has 0 radical (unpaired) electrons. The number of carbonyl (C=O) groups excluding carboxylic acids is 1. The second-order valence-electron chi connectivity index (χ2n) is 5.74. The van der Waals surface area contributed by atoms with Gasteiger partial charge in [-0.05, 0) is 49.9 Å². The first-order valence-corrected chi connectivity index (χ1v) is 9.12.